The fraction of sp³-hybridized carbons (Fsp3) is 0.261. The van der Waals surface area contributed by atoms with Crippen LogP contribution in [0.15, 0.2) is 71.3 Å². The number of aromatic carboxylic acids is 1. The van der Waals surface area contributed by atoms with Crippen LogP contribution < -0.4 is 10.4 Å². The molecule has 3 rings (SSSR count). The molecule has 1 heterocycles. The number of hydrogen-bond acceptors (Lipinski definition) is 6. The number of rotatable bonds is 8. The van der Waals surface area contributed by atoms with Crippen molar-refractivity contribution in [3.63, 3.8) is 0 Å². The normalized spacial score (nSPS) is 12.5. The molecule has 2 atom stereocenters. The standard InChI is InChI=1S/C18H23NO3.C5H4O3/c1-13(5-6-14-3-2-4-17(21)11-14)19-12-18(22)15-7-9-16(20)10-8-15;6-5(7)4-2-1-3-8-4/h2-4,7-11,13,18-22H,5-6,12H2,1H3;1-3H,(H,6,7)/t13-,18+;/m1./s1. The maximum absolute atomic E-state index is 10.1. The third-order valence-corrected chi connectivity index (χ3v) is 4.56. The molecule has 0 aliphatic rings. The van der Waals surface area contributed by atoms with Crippen LogP contribution in [0.3, 0.4) is 0 Å². The fourth-order valence-corrected chi connectivity index (χ4v) is 2.81. The number of phenols is 2. The molecule has 30 heavy (non-hydrogen) atoms. The molecule has 2 aromatic carbocycles. The first kappa shape index (κ1) is 23.0. The monoisotopic (exact) mass is 413 g/mol. The zero-order chi connectivity index (χ0) is 21.9. The second-order valence-electron chi connectivity index (χ2n) is 7.03. The van der Waals surface area contributed by atoms with E-state index in [1.54, 1.807) is 36.4 Å². The summed E-state index contributed by atoms with van der Waals surface area (Å²) in [7, 11) is 0. The van der Waals surface area contributed by atoms with Crippen molar-refractivity contribution in [3.05, 3.63) is 83.8 Å². The van der Waals surface area contributed by atoms with E-state index in [2.05, 4.69) is 16.7 Å². The van der Waals surface area contributed by atoms with Crippen molar-refractivity contribution in [1.82, 2.24) is 0 Å². The Morgan fingerprint density at radius 1 is 1.07 bits per heavy atom. The summed E-state index contributed by atoms with van der Waals surface area (Å²) < 4.78 is 4.43. The lowest BCUT2D eigenvalue weighted by molar-refractivity contribution is -0.693. The first-order valence-corrected chi connectivity index (χ1v) is 9.68. The topological polar surface area (TPSA) is 131 Å². The molecular weight excluding hydrogens is 386 g/mol. The number of aliphatic hydroxyl groups is 1. The molecule has 7 heteroatoms. The Morgan fingerprint density at radius 2 is 1.80 bits per heavy atom. The second-order valence-corrected chi connectivity index (χ2v) is 7.03. The second kappa shape index (κ2) is 11.6. The zero-order valence-corrected chi connectivity index (χ0v) is 16.8. The van der Waals surface area contributed by atoms with Crippen molar-refractivity contribution in [2.45, 2.75) is 31.9 Å². The number of phenolic OH excluding ortho intramolecular Hbond substituents is 2. The van der Waals surface area contributed by atoms with E-state index >= 15 is 0 Å². The molecule has 0 fully saturated rings. The van der Waals surface area contributed by atoms with E-state index in [4.69, 9.17) is 0 Å². The molecule has 3 aromatic rings. The van der Waals surface area contributed by atoms with Crippen LogP contribution >= 0.6 is 0 Å². The van der Waals surface area contributed by atoms with E-state index in [0.29, 0.717) is 18.3 Å². The minimum Gasteiger partial charge on any atom is -0.542 e. The summed E-state index contributed by atoms with van der Waals surface area (Å²) in [4.78, 5) is 9.86. The number of carboxylic acids is 1. The Hall–Kier alpha value is -3.29. The Balaban J connectivity index is 0.000000335. The molecule has 7 nitrogen and oxygen atoms in total. The highest BCUT2D eigenvalue weighted by molar-refractivity contribution is 5.82. The highest BCUT2D eigenvalue weighted by Gasteiger charge is 2.12. The molecule has 1 aromatic heterocycles. The fourth-order valence-electron chi connectivity index (χ4n) is 2.81. The summed E-state index contributed by atoms with van der Waals surface area (Å²) in [6.45, 7) is 2.72. The predicted octanol–water partition coefficient (Wildman–Crippen LogP) is 1.36. The van der Waals surface area contributed by atoms with Gasteiger partial charge >= 0.3 is 0 Å². The lowest BCUT2D eigenvalue weighted by atomic mass is 10.0. The highest BCUT2D eigenvalue weighted by Crippen LogP contribution is 2.15. The number of carbonyl (C=O) groups excluding carboxylic acids is 1. The number of aryl methyl sites for hydroxylation is 1. The summed E-state index contributed by atoms with van der Waals surface area (Å²) in [5, 5.41) is 40.8. The quantitative estimate of drug-likeness (QED) is 0.441. The van der Waals surface area contributed by atoms with E-state index in [1.165, 1.54) is 18.4 Å². The number of aromatic hydroxyl groups is 2. The van der Waals surface area contributed by atoms with Crippen LogP contribution in [0.1, 0.15) is 41.1 Å². The van der Waals surface area contributed by atoms with Crippen molar-refractivity contribution in [1.29, 1.82) is 0 Å². The van der Waals surface area contributed by atoms with Gasteiger partial charge in [0, 0.05) is 6.42 Å². The molecule has 5 N–H and O–H groups in total. The van der Waals surface area contributed by atoms with Gasteiger partial charge in [-0.25, -0.2) is 0 Å². The van der Waals surface area contributed by atoms with Crippen molar-refractivity contribution >= 4 is 5.97 Å². The van der Waals surface area contributed by atoms with Gasteiger partial charge in [-0.15, -0.1) is 0 Å². The highest BCUT2D eigenvalue weighted by atomic mass is 16.4. The van der Waals surface area contributed by atoms with Gasteiger partial charge in [0.2, 0.25) is 0 Å². The first-order valence-electron chi connectivity index (χ1n) is 9.68. The Labute approximate surface area is 175 Å². The van der Waals surface area contributed by atoms with Gasteiger partial charge in [0.1, 0.15) is 35.9 Å². The van der Waals surface area contributed by atoms with Crippen molar-refractivity contribution < 1.29 is 35.0 Å². The first-order chi connectivity index (χ1) is 14.3. The summed E-state index contributed by atoms with van der Waals surface area (Å²) >= 11 is 0. The molecule has 0 unspecified atom stereocenters. The van der Waals surface area contributed by atoms with Gasteiger partial charge in [0.15, 0.2) is 0 Å². The number of furan rings is 1. The number of quaternary nitrogens is 1. The largest absolute Gasteiger partial charge is 0.542 e. The molecule has 0 saturated heterocycles. The van der Waals surface area contributed by atoms with E-state index in [-0.39, 0.29) is 11.5 Å². The van der Waals surface area contributed by atoms with Gasteiger partial charge in [-0.1, -0.05) is 24.3 Å². The van der Waals surface area contributed by atoms with E-state index < -0.39 is 12.1 Å². The number of hydrogen-bond donors (Lipinski definition) is 4. The molecule has 0 spiro atoms. The van der Waals surface area contributed by atoms with Gasteiger partial charge in [-0.05, 0) is 60.9 Å². The van der Waals surface area contributed by atoms with Crippen LogP contribution in [-0.4, -0.2) is 33.9 Å². The summed E-state index contributed by atoms with van der Waals surface area (Å²) in [6, 6.07) is 17.2. The summed E-state index contributed by atoms with van der Waals surface area (Å²) in [5.74, 6) is -0.906. The van der Waals surface area contributed by atoms with Crippen LogP contribution in [0.2, 0.25) is 0 Å². The van der Waals surface area contributed by atoms with Crippen LogP contribution in [0.4, 0.5) is 0 Å². The summed E-state index contributed by atoms with van der Waals surface area (Å²) in [5.41, 5.74) is 1.94. The van der Waals surface area contributed by atoms with Crippen LogP contribution in [0.5, 0.6) is 11.5 Å². The van der Waals surface area contributed by atoms with Gasteiger partial charge in [0.25, 0.3) is 0 Å². The molecule has 0 saturated carbocycles. The van der Waals surface area contributed by atoms with Gasteiger partial charge in [-0.2, -0.15) is 0 Å². The third kappa shape index (κ3) is 7.98. The molecule has 0 bridgehead atoms. The van der Waals surface area contributed by atoms with E-state index in [0.717, 1.165) is 24.0 Å². The number of aliphatic hydroxyl groups excluding tert-OH is 1. The van der Waals surface area contributed by atoms with E-state index in [1.807, 2.05) is 12.1 Å². The minimum atomic E-state index is -1.28. The van der Waals surface area contributed by atoms with E-state index in [9.17, 15) is 25.2 Å². The number of carboxylic acid groups (broad SMARTS) is 1. The Bertz CT molecular complexity index is 892. The zero-order valence-electron chi connectivity index (χ0n) is 16.8. The maximum Gasteiger partial charge on any atom is 0.149 e. The van der Waals surface area contributed by atoms with Crippen LogP contribution in [0.25, 0.3) is 0 Å². The van der Waals surface area contributed by atoms with Crippen molar-refractivity contribution in [3.8, 4) is 11.5 Å². The number of nitrogens with two attached hydrogens (primary N) is 1. The minimum absolute atomic E-state index is 0.134. The van der Waals surface area contributed by atoms with Crippen LogP contribution in [-0.2, 0) is 6.42 Å². The molecule has 0 amide bonds. The Kier molecular flexibility index (Phi) is 8.93. The van der Waals surface area contributed by atoms with Gasteiger partial charge < -0.3 is 35.0 Å². The average molecular weight is 413 g/mol. The Morgan fingerprint density at radius 3 is 2.37 bits per heavy atom. The molecule has 0 radical (unpaired) electrons. The number of carbonyl (C=O) groups is 1. The average Bonchev–Trinajstić information content (AvgIpc) is 3.27. The smallest absolute Gasteiger partial charge is 0.149 e. The molecule has 160 valence electrons. The van der Waals surface area contributed by atoms with Crippen molar-refractivity contribution in [2.75, 3.05) is 6.54 Å². The molecule has 0 aliphatic heterocycles. The lowest BCUT2D eigenvalue weighted by Gasteiger charge is -2.15. The maximum atomic E-state index is 10.1. The predicted molar refractivity (Wildman–Crippen MR) is 109 cm³/mol. The molecule has 0 aliphatic carbocycles. The van der Waals surface area contributed by atoms with Gasteiger partial charge in [-0.3, -0.25) is 0 Å². The van der Waals surface area contributed by atoms with Gasteiger partial charge in [0.05, 0.1) is 12.3 Å². The third-order valence-electron chi connectivity index (χ3n) is 4.56. The number of benzene rings is 2. The van der Waals surface area contributed by atoms with Crippen LogP contribution in [0, 0.1) is 0 Å². The molecular formula is C23H27NO6. The SMILES string of the molecule is C[C@H](CCc1cccc(O)c1)[NH2+]C[C@H](O)c1ccc(O)cc1.O=C([O-])c1ccco1. The van der Waals surface area contributed by atoms with Crippen molar-refractivity contribution in [2.24, 2.45) is 0 Å². The summed E-state index contributed by atoms with van der Waals surface area (Å²) in [6.07, 6.45) is 2.63. The lowest BCUT2D eigenvalue weighted by Crippen LogP contribution is -2.90.